The summed E-state index contributed by atoms with van der Waals surface area (Å²) in [5.74, 6) is -0.380. The highest BCUT2D eigenvalue weighted by Gasteiger charge is 2.07. The van der Waals surface area contributed by atoms with Crippen LogP contribution >= 0.6 is 11.6 Å². The molecule has 0 aliphatic rings. The normalized spacial score (nSPS) is 10.1. The first-order valence-electron chi connectivity index (χ1n) is 4.75. The van der Waals surface area contributed by atoms with E-state index >= 15 is 0 Å². The van der Waals surface area contributed by atoms with Crippen molar-refractivity contribution in [3.63, 3.8) is 0 Å². The predicted octanol–water partition coefficient (Wildman–Crippen LogP) is 2.92. The second-order valence-electron chi connectivity index (χ2n) is 3.28. The van der Waals surface area contributed by atoms with Crippen LogP contribution in [0.15, 0.2) is 30.6 Å². The summed E-state index contributed by atoms with van der Waals surface area (Å²) in [5.41, 5.74) is 0.271. The molecule has 0 aliphatic heterocycles. The Kier molecular flexibility index (Phi) is 3.33. The molecule has 2 aromatic rings. The van der Waals surface area contributed by atoms with E-state index in [9.17, 15) is 14.5 Å². The molecule has 1 heterocycles. The molecule has 1 N–H and O–H groups in total. The van der Waals surface area contributed by atoms with Gasteiger partial charge in [0.1, 0.15) is 18.2 Å². The Balaban J connectivity index is 2.18. The van der Waals surface area contributed by atoms with Gasteiger partial charge in [0.05, 0.1) is 9.95 Å². The fourth-order valence-electron chi connectivity index (χ4n) is 1.18. The van der Waals surface area contributed by atoms with Gasteiger partial charge in [-0.05, 0) is 18.2 Å². The number of rotatable bonds is 3. The number of hydrogen-bond donors (Lipinski definition) is 1. The predicted molar refractivity (Wildman–Crippen MR) is 63.4 cm³/mol. The SMILES string of the molecule is O=[N+]([O-])c1cnc(Nc2ccc(F)c(Cl)c2)nc1. The van der Waals surface area contributed by atoms with Crippen LogP contribution < -0.4 is 5.32 Å². The quantitative estimate of drug-likeness (QED) is 0.684. The van der Waals surface area contributed by atoms with Gasteiger partial charge < -0.3 is 5.32 Å². The second-order valence-corrected chi connectivity index (χ2v) is 3.68. The van der Waals surface area contributed by atoms with Crippen molar-refractivity contribution in [2.75, 3.05) is 5.32 Å². The summed E-state index contributed by atoms with van der Waals surface area (Å²) >= 11 is 5.60. The maximum absolute atomic E-state index is 12.9. The lowest BCUT2D eigenvalue weighted by atomic mass is 10.3. The van der Waals surface area contributed by atoms with Crippen LogP contribution in [0, 0.1) is 15.9 Å². The molecule has 6 nitrogen and oxygen atoms in total. The number of halogens is 2. The molecule has 0 fully saturated rings. The van der Waals surface area contributed by atoms with Gasteiger partial charge in [0.15, 0.2) is 0 Å². The van der Waals surface area contributed by atoms with E-state index in [1.54, 1.807) is 0 Å². The Bertz CT molecular complexity index is 591. The van der Waals surface area contributed by atoms with Crippen LogP contribution in [0.3, 0.4) is 0 Å². The number of aromatic nitrogens is 2. The highest BCUT2D eigenvalue weighted by Crippen LogP contribution is 2.21. The molecule has 0 saturated carbocycles. The molecule has 0 spiro atoms. The summed E-state index contributed by atoms with van der Waals surface area (Å²) in [6, 6.07) is 4.00. The Labute approximate surface area is 106 Å². The Morgan fingerprint density at radius 1 is 1.33 bits per heavy atom. The van der Waals surface area contributed by atoms with Gasteiger partial charge in [-0.1, -0.05) is 11.6 Å². The average molecular weight is 269 g/mol. The zero-order valence-electron chi connectivity index (χ0n) is 8.80. The number of nitrogens with one attached hydrogen (secondary N) is 1. The van der Waals surface area contributed by atoms with Gasteiger partial charge in [-0.2, -0.15) is 0 Å². The average Bonchev–Trinajstić information content (AvgIpc) is 2.34. The number of nitro groups is 1. The number of hydrogen-bond acceptors (Lipinski definition) is 5. The van der Waals surface area contributed by atoms with E-state index < -0.39 is 10.7 Å². The number of anilines is 2. The van der Waals surface area contributed by atoms with Gasteiger partial charge in [0, 0.05) is 5.69 Å². The standard InChI is InChI=1S/C10H6ClFN4O2/c11-8-3-6(1-2-9(8)12)15-10-13-4-7(5-14-10)16(17)18/h1-5H,(H,13,14,15). The molecular formula is C10H6ClFN4O2. The summed E-state index contributed by atoms with van der Waals surface area (Å²) < 4.78 is 12.9. The zero-order valence-corrected chi connectivity index (χ0v) is 9.56. The molecular weight excluding hydrogens is 263 g/mol. The molecule has 1 aromatic heterocycles. The summed E-state index contributed by atoms with van der Waals surface area (Å²) in [5, 5.41) is 13.1. The van der Waals surface area contributed by atoms with Gasteiger partial charge in [-0.15, -0.1) is 0 Å². The highest BCUT2D eigenvalue weighted by atomic mass is 35.5. The number of benzene rings is 1. The Morgan fingerprint density at radius 3 is 2.56 bits per heavy atom. The maximum atomic E-state index is 12.9. The topological polar surface area (TPSA) is 81.0 Å². The maximum Gasteiger partial charge on any atom is 0.305 e. The van der Waals surface area contributed by atoms with Crippen molar-refractivity contribution in [3.8, 4) is 0 Å². The van der Waals surface area contributed by atoms with E-state index in [1.807, 2.05) is 0 Å². The molecule has 1 aromatic carbocycles. The lowest BCUT2D eigenvalue weighted by Crippen LogP contribution is -1.98. The van der Waals surface area contributed by atoms with Crippen molar-refractivity contribution in [2.24, 2.45) is 0 Å². The zero-order chi connectivity index (χ0) is 13.1. The lowest BCUT2D eigenvalue weighted by molar-refractivity contribution is -0.385. The highest BCUT2D eigenvalue weighted by molar-refractivity contribution is 6.31. The number of nitrogens with zero attached hydrogens (tertiary/aromatic N) is 3. The van der Waals surface area contributed by atoms with E-state index in [4.69, 9.17) is 11.6 Å². The van der Waals surface area contributed by atoms with Gasteiger partial charge in [-0.25, -0.2) is 14.4 Å². The first-order chi connectivity index (χ1) is 8.56. The van der Waals surface area contributed by atoms with E-state index in [2.05, 4.69) is 15.3 Å². The Hall–Kier alpha value is -2.28. The van der Waals surface area contributed by atoms with E-state index in [1.165, 1.54) is 18.2 Å². The summed E-state index contributed by atoms with van der Waals surface area (Å²) in [6.07, 6.45) is 2.14. The summed E-state index contributed by atoms with van der Waals surface area (Å²) in [4.78, 5) is 17.3. The Morgan fingerprint density at radius 2 is 2.00 bits per heavy atom. The largest absolute Gasteiger partial charge is 0.324 e. The molecule has 0 saturated heterocycles. The monoisotopic (exact) mass is 268 g/mol. The second kappa shape index (κ2) is 4.92. The minimum Gasteiger partial charge on any atom is -0.324 e. The molecule has 8 heteroatoms. The van der Waals surface area contributed by atoms with E-state index in [0.29, 0.717) is 5.69 Å². The van der Waals surface area contributed by atoms with Crippen LogP contribution in [0.1, 0.15) is 0 Å². The molecule has 18 heavy (non-hydrogen) atoms. The van der Waals surface area contributed by atoms with Crippen molar-refractivity contribution in [2.45, 2.75) is 0 Å². The van der Waals surface area contributed by atoms with Crippen molar-refractivity contribution in [3.05, 3.63) is 51.5 Å². The summed E-state index contributed by atoms with van der Waals surface area (Å²) in [6.45, 7) is 0. The van der Waals surface area contributed by atoms with Crippen molar-refractivity contribution < 1.29 is 9.31 Å². The third-order valence-electron chi connectivity index (χ3n) is 2.02. The first-order valence-corrected chi connectivity index (χ1v) is 5.12. The van der Waals surface area contributed by atoms with Crippen LogP contribution in [0.2, 0.25) is 5.02 Å². The first kappa shape index (κ1) is 12.2. The van der Waals surface area contributed by atoms with Crippen molar-refractivity contribution in [1.82, 2.24) is 9.97 Å². The van der Waals surface area contributed by atoms with Gasteiger partial charge >= 0.3 is 5.69 Å². The fraction of sp³-hybridized carbons (Fsp3) is 0. The van der Waals surface area contributed by atoms with Crippen LogP contribution in [0.4, 0.5) is 21.7 Å². The van der Waals surface area contributed by atoms with E-state index in [0.717, 1.165) is 12.4 Å². The fourth-order valence-corrected chi connectivity index (χ4v) is 1.36. The van der Waals surface area contributed by atoms with Crippen LogP contribution in [-0.4, -0.2) is 14.9 Å². The van der Waals surface area contributed by atoms with Gasteiger partial charge in [0.25, 0.3) is 0 Å². The third kappa shape index (κ3) is 2.69. The molecule has 0 aliphatic carbocycles. The van der Waals surface area contributed by atoms with Crippen LogP contribution in [0.5, 0.6) is 0 Å². The van der Waals surface area contributed by atoms with Crippen LogP contribution in [-0.2, 0) is 0 Å². The molecule has 0 atom stereocenters. The van der Waals surface area contributed by atoms with Gasteiger partial charge in [0.2, 0.25) is 5.95 Å². The molecule has 0 bridgehead atoms. The molecule has 92 valence electrons. The lowest BCUT2D eigenvalue weighted by Gasteiger charge is -2.04. The van der Waals surface area contributed by atoms with Gasteiger partial charge in [-0.3, -0.25) is 10.1 Å². The smallest absolute Gasteiger partial charge is 0.305 e. The third-order valence-corrected chi connectivity index (χ3v) is 2.31. The van der Waals surface area contributed by atoms with Crippen LogP contribution in [0.25, 0.3) is 0 Å². The molecule has 0 unspecified atom stereocenters. The van der Waals surface area contributed by atoms with Crippen molar-refractivity contribution in [1.29, 1.82) is 0 Å². The van der Waals surface area contributed by atoms with E-state index in [-0.39, 0.29) is 16.7 Å². The minimum absolute atomic E-state index is 0.0399. The molecule has 2 rings (SSSR count). The molecule has 0 amide bonds. The minimum atomic E-state index is -0.599. The summed E-state index contributed by atoms with van der Waals surface area (Å²) in [7, 11) is 0. The van der Waals surface area contributed by atoms with Crippen molar-refractivity contribution >= 4 is 28.9 Å². The molecule has 0 radical (unpaired) electrons.